The molecule has 3 atom stereocenters. The van der Waals surface area contributed by atoms with Gasteiger partial charge in [-0.05, 0) is 12.1 Å². The van der Waals surface area contributed by atoms with Crippen molar-refractivity contribution in [2.75, 3.05) is 19.5 Å². The number of ether oxygens (including phenoxy) is 1. The molecule has 1 aliphatic heterocycles. The standard InChI is InChI=1S/C10H14N3O6P/c1-17-20(15,16)18-6-7-2-3-9(19-7)13-5-4-8(11)12-10(13)14/h2-5,7,9H,6H2,1H3,(H,15,16)(H2,11,12,14)/p-1/t7-,9+/m0/s1. The molecule has 0 radical (unpaired) electrons. The third-order valence-electron chi connectivity index (χ3n) is 2.55. The Morgan fingerprint density at radius 2 is 2.35 bits per heavy atom. The van der Waals surface area contributed by atoms with E-state index in [0.29, 0.717) is 0 Å². The minimum atomic E-state index is -4.29. The summed E-state index contributed by atoms with van der Waals surface area (Å²) in [5, 5.41) is 0. The highest BCUT2D eigenvalue weighted by molar-refractivity contribution is 7.45. The van der Waals surface area contributed by atoms with Crippen molar-refractivity contribution >= 4 is 13.6 Å². The third kappa shape index (κ3) is 3.53. The van der Waals surface area contributed by atoms with Crippen LogP contribution in [0.2, 0.25) is 0 Å². The van der Waals surface area contributed by atoms with Crippen LogP contribution in [0.3, 0.4) is 0 Å². The first kappa shape index (κ1) is 14.9. The maximum absolute atomic E-state index is 11.6. The van der Waals surface area contributed by atoms with Crippen LogP contribution >= 0.6 is 7.82 Å². The van der Waals surface area contributed by atoms with Crippen LogP contribution in [0.25, 0.3) is 0 Å². The summed E-state index contributed by atoms with van der Waals surface area (Å²) in [6, 6.07) is 1.46. The molecule has 1 unspecified atom stereocenters. The number of hydrogen-bond donors (Lipinski definition) is 1. The van der Waals surface area contributed by atoms with Gasteiger partial charge in [-0.2, -0.15) is 4.98 Å². The third-order valence-corrected chi connectivity index (χ3v) is 3.46. The van der Waals surface area contributed by atoms with Gasteiger partial charge < -0.3 is 24.4 Å². The van der Waals surface area contributed by atoms with Crippen molar-refractivity contribution in [1.82, 2.24) is 9.55 Å². The van der Waals surface area contributed by atoms with E-state index in [1.54, 1.807) is 12.2 Å². The lowest BCUT2D eigenvalue weighted by atomic mass is 10.4. The molecule has 9 nitrogen and oxygen atoms in total. The molecule has 0 saturated heterocycles. The smallest absolute Gasteiger partial charge is 0.351 e. The highest BCUT2D eigenvalue weighted by Crippen LogP contribution is 2.37. The fourth-order valence-corrected chi connectivity index (χ4v) is 2.01. The van der Waals surface area contributed by atoms with Crippen LogP contribution in [0.5, 0.6) is 0 Å². The number of nitrogens with two attached hydrogens (primary N) is 1. The average molecular weight is 302 g/mol. The van der Waals surface area contributed by atoms with Gasteiger partial charge in [-0.25, -0.2) is 4.79 Å². The molecule has 0 amide bonds. The van der Waals surface area contributed by atoms with Crippen LogP contribution in [0.15, 0.2) is 29.2 Å². The Bertz CT molecular complexity index is 615. The van der Waals surface area contributed by atoms with Crippen molar-refractivity contribution < 1.29 is 23.2 Å². The Labute approximate surface area is 114 Å². The summed E-state index contributed by atoms with van der Waals surface area (Å²) in [5.41, 5.74) is 4.82. The summed E-state index contributed by atoms with van der Waals surface area (Å²) in [4.78, 5) is 26.2. The van der Waals surface area contributed by atoms with Gasteiger partial charge in [0, 0.05) is 13.3 Å². The largest absolute Gasteiger partial charge is 0.756 e. The van der Waals surface area contributed by atoms with Gasteiger partial charge in [0.1, 0.15) is 11.9 Å². The second kappa shape index (κ2) is 5.86. The molecule has 1 aromatic heterocycles. The van der Waals surface area contributed by atoms with Crippen LogP contribution < -0.4 is 16.3 Å². The van der Waals surface area contributed by atoms with E-state index in [1.165, 1.54) is 16.8 Å². The maximum Gasteiger partial charge on any atom is 0.351 e. The monoisotopic (exact) mass is 302 g/mol. The molecule has 0 saturated carbocycles. The number of hydrogen-bond acceptors (Lipinski definition) is 8. The molecule has 10 heteroatoms. The molecule has 0 aromatic carbocycles. The van der Waals surface area contributed by atoms with E-state index in [1.807, 2.05) is 0 Å². The number of aromatic nitrogens is 2. The molecular weight excluding hydrogens is 289 g/mol. The van der Waals surface area contributed by atoms with Crippen LogP contribution in [-0.2, 0) is 18.3 Å². The molecule has 2 N–H and O–H groups in total. The summed E-state index contributed by atoms with van der Waals surface area (Å²) < 4.78 is 26.4. The number of phosphoric acid groups is 1. The van der Waals surface area contributed by atoms with Crippen molar-refractivity contribution in [1.29, 1.82) is 0 Å². The molecule has 110 valence electrons. The summed E-state index contributed by atoms with van der Waals surface area (Å²) >= 11 is 0. The predicted molar refractivity (Wildman–Crippen MR) is 66.5 cm³/mol. The highest BCUT2D eigenvalue weighted by Gasteiger charge is 2.23. The lowest BCUT2D eigenvalue weighted by Gasteiger charge is -2.22. The highest BCUT2D eigenvalue weighted by atomic mass is 31.2. The van der Waals surface area contributed by atoms with Gasteiger partial charge in [0.25, 0.3) is 7.82 Å². The second-order valence-electron chi connectivity index (χ2n) is 3.92. The first-order valence-corrected chi connectivity index (χ1v) is 7.07. The van der Waals surface area contributed by atoms with Gasteiger partial charge in [-0.3, -0.25) is 9.13 Å². The fourth-order valence-electron chi connectivity index (χ4n) is 1.58. The van der Waals surface area contributed by atoms with E-state index < -0.39 is 25.8 Å². The summed E-state index contributed by atoms with van der Waals surface area (Å²) in [6.45, 7) is -0.237. The molecule has 1 aliphatic rings. The van der Waals surface area contributed by atoms with Crippen LogP contribution in [0.1, 0.15) is 6.23 Å². The minimum Gasteiger partial charge on any atom is -0.756 e. The maximum atomic E-state index is 11.6. The van der Waals surface area contributed by atoms with E-state index in [2.05, 4.69) is 14.0 Å². The zero-order valence-corrected chi connectivity index (χ0v) is 11.4. The van der Waals surface area contributed by atoms with Crippen molar-refractivity contribution in [2.24, 2.45) is 0 Å². The number of nitrogen functional groups attached to an aromatic ring is 1. The van der Waals surface area contributed by atoms with Crippen molar-refractivity contribution in [3.8, 4) is 0 Å². The van der Waals surface area contributed by atoms with Crippen LogP contribution in [0, 0.1) is 0 Å². The Morgan fingerprint density at radius 1 is 1.60 bits per heavy atom. The average Bonchev–Trinajstić information content (AvgIpc) is 2.85. The van der Waals surface area contributed by atoms with Gasteiger partial charge in [-0.1, -0.05) is 6.08 Å². The molecule has 0 spiro atoms. The first-order chi connectivity index (χ1) is 9.41. The molecule has 2 heterocycles. The van der Waals surface area contributed by atoms with E-state index in [0.717, 1.165) is 7.11 Å². The topological polar surface area (TPSA) is 129 Å². The zero-order valence-electron chi connectivity index (χ0n) is 10.5. The Kier molecular flexibility index (Phi) is 4.36. The number of nitrogens with zero attached hydrogens (tertiary/aromatic N) is 2. The Morgan fingerprint density at radius 3 is 3.00 bits per heavy atom. The lowest BCUT2D eigenvalue weighted by molar-refractivity contribution is -0.225. The number of rotatable bonds is 5. The van der Waals surface area contributed by atoms with Crippen molar-refractivity contribution in [2.45, 2.75) is 12.3 Å². The van der Waals surface area contributed by atoms with E-state index >= 15 is 0 Å². The molecule has 0 aliphatic carbocycles. The van der Waals surface area contributed by atoms with Crippen LogP contribution in [0.4, 0.5) is 5.82 Å². The molecule has 2 rings (SSSR count). The molecular formula is C10H13N3O6P-. The molecule has 1 aromatic rings. The van der Waals surface area contributed by atoms with Gasteiger partial charge in [0.2, 0.25) is 0 Å². The van der Waals surface area contributed by atoms with E-state index in [4.69, 9.17) is 10.5 Å². The quantitative estimate of drug-likeness (QED) is 0.564. The fraction of sp³-hybridized carbons (Fsp3) is 0.400. The summed E-state index contributed by atoms with van der Waals surface area (Å²) in [7, 11) is -3.29. The van der Waals surface area contributed by atoms with Crippen LogP contribution in [-0.4, -0.2) is 29.4 Å². The first-order valence-electron chi connectivity index (χ1n) is 5.61. The molecule has 0 bridgehead atoms. The van der Waals surface area contributed by atoms with E-state index in [-0.39, 0.29) is 12.4 Å². The number of anilines is 1. The lowest BCUT2D eigenvalue weighted by Crippen LogP contribution is -2.28. The summed E-state index contributed by atoms with van der Waals surface area (Å²) in [5.74, 6) is 0.112. The summed E-state index contributed by atoms with van der Waals surface area (Å²) in [6.07, 6.45) is 3.33. The normalized spacial score (nSPS) is 24.7. The molecule has 0 fully saturated rings. The van der Waals surface area contributed by atoms with Crippen molar-refractivity contribution in [3.05, 3.63) is 34.9 Å². The SMILES string of the molecule is COP(=O)([O-])OC[C@@H]1C=C[C@H](n2ccc(N)nc2=O)O1. The van der Waals surface area contributed by atoms with Gasteiger partial charge >= 0.3 is 5.69 Å². The van der Waals surface area contributed by atoms with Gasteiger partial charge in [0.05, 0.1) is 6.61 Å². The Hall–Kier alpha value is -1.51. The number of phosphoric ester groups is 1. The molecule has 20 heavy (non-hydrogen) atoms. The Balaban J connectivity index is 1.98. The van der Waals surface area contributed by atoms with Gasteiger partial charge in [-0.15, -0.1) is 0 Å². The second-order valence-corrected chi connectivity index (χ2v) is 5.44. The van der Waals surface area contributed by atoms with Gasteiger partial charge in [0.15, 0.2) is 6.23 Å². The van der Waals surface area contributed by atoms with Crippen molar-refractivity contribution in [3.63, 3.8) is 0 Å². The minimum absolute atomic E-state index is 0.112. The van der Waals surface area contributed by atoms with E-state index in [9.17, 15) is 14.3 Å². The zero-order chi connectivity index (χ0) is 14.8. The predicted octanol–water partition coefficient (Wildman–Crippen LogP) is -0.590.